The van der Waals surface area contributed by atoms with E-state index >= 15 is 4.39 Å². The van der Waals surface area contributed by atoms with Crippen LogP contribution in [-0.4, -0.2) is 14.2 Å². The van der Waals surface area contributed by atoms with E-state index in [1.165, 1.54) is 16.7 Å². The number of fused-ring (bicyclic) bond motifs is 1. The number of halogens is 1. The zero-order chi connectivity index (χ0) is 17.6. The Morgan fingerprint density at radius 3 is 2.50 bits per heavy atom. The quantitative estimate of drug-likeness (QED) is 0.775. The number of hydrogen-bond donors (Lipinski definition) is 1. The van der Waals surface area contributed by atoms with Gasteiger partial charge in [-0.15, -0.1) is 0 Å². The van der Waals surface area contributed by atoms with Gasteiger partial charge >= 0.3 is 5.69 Å². The molecule has 3 rings (SSSR count). The molecule has 0 atom stereocenters. The predicted octanol–water partition coefficient (Wildman–Crippen LogP) is 3.90. The SMILES string of the molecule is Cn1c(=O)n(CC(C)(C)C)c2ccc(-c3cccc(O)c3)c(F)c21. The lowest BCUT2D eigenvalue weighted by Crippen LogP contribution is -2.27. The number of imidazole rings is 1. The number of phenolic OH excluding ortho intramolecular Hbond substituents is 1. The van der Waals surface area contributed by atoms with E-state index in [2.05, 4.69) is 0 Å². The van der Waals surface area contributed by atoms with Crippen molar-refractivity contribution in [3.05, 3.63) is 52.7 Å². The van der Waals surface area contributed by atoms with Crippen LogP contribution < -0.4 is 5.69 Å². The van der Waals surface area contributed by atoms with Crippen LogP contribution in [0.3, 0.4) is 0 Å². The molecule has 0 aliphatic carbocycles. The van der Waals surface area contributed by atoms with E-state index in [1.54, 1.807) is 35.9 Å². The minimum Gasteiger partial charge on any atom is -0.508 e. The van der Waals surface area contributed by atoms with Crippen molar-refractivity contribution in [2.45, 2.75) is 27.3 Å². The fourth-order valence-corrected chi connectivity index (χ4v) is 2.99. The Balaban J connectivity index is 2.27. The molecule has 0 radical (unpaired) electrons. The van der Waals surface area contributed by atoms with Crippen molar-refractivity contribution >= 4 is 11.0 Å². The minimum atomic E-state index is -0.453. The smallest absolute Gasteiger partial charge is 0.328 e. The maximum Gasteiger partial charge on any atom is 0.328 e. The molecule has 0 aliphatic heterocycles. The molecular weight excluding hydrogens is 307 g/mol. The van der Waals surface area contributed by atoms with Crippen LogP contribution in [-0.2, 0) is 13.6 Å². The van der Waals surface area contributed by atoms with Crippen molar-refractivity contribution in [2.75, 3.05) is 0 Å². The first-order valence-corrected chi connectivity index (χ1v) is 7.86. The molecule has 0 bridgehead atoms. The van der Waals surface area contributed by atoms with Gasteiger partial charge in [0.05, 0.1) is 5.52 Å². The molecule has 126 valence electrons. The van der Waals surface area contributed by atoms with Crippen LogP contribution in [0.1, 0.15) is 20.8 Å². The van der Waals surface area contributed by atoms with Gasteiger partial charge in [-0.2, -0.15) is 0 Å². The van der Waals surface area contributed by atoms with Crippen molar-refractivity contribution in [3.63, 3.8) is 0 Å². The topological polar surface area (TPSA) is 47.2 Å². The summed E-state index contributed by atoms with van der Waals surface area (Å²) in [5.41, 5.74) is 1.47. The highest BCUT2D eigenvalue weighted by Gasteiger charge is 2.21. The summed E-state index contributed by atoms with van der Waals surface area (Å²) in [6.07, 6.45) is 0. The van der Waals surface area contributed by atoms with Crippen molar-refractivity contribution in [1.82, 2.24) is 9.13 Å². The maximum absolute atomic E-state index is 15.1. The standard InChI is InChI=1S/C19H21FN2O2/c1-19(2,3)11-22-15-9-8-14(12-6-5-7-13(23)10-12)16(20)17(15)21(4)18(22)24/h5-10,23H,11H2,1-4H3. The number of aryl methyl sites for hydroxylation is 1. The van der Waals surface area contributed by atoms with Crippen LogP contribution in [0.4, 0.5) is 4.39 Å². The molecule has 1 aromatic heterocycles. The number of benzene rings is 2. The second-order valence-electron chi connectivity index (χ2n) is 7.33. The molecule has 4 nitrogen and oxygen atoms in total. The number of hydrogen-bond acceptors (Lipinski definition) is 2. The van der Waals surface area contributed by atoms with Crippen LogP contribution in [0.15, 0.2) is 41.2 Å². The Kier molecular flexibility index (Phi) is 3.74. The molecule has 0 spiro atoms. The van der Waals surface area contributed by atoms with Gasteiger partial charge in [0.2, 0.25) is 0 Å². The number of aromatic hydroxyl groups is 1. The van der Waals surface area contributed by atoms with Crippen molar-refractivity contribution in [3.8, 4) is 16.9 Å². The molecule has 0 saturated heterocycles. The summed E-state index contributed by atoms with van der Waals surface area (Å²) in [5.74, 6) is -0.378. The van der Waals surface area contributed by atoms with E-state index < -0.39 is 5.82 Å². The summed E-state index contributed by atoms with van der Waals surface area (Å²) in [7, 11) is 1.58. The fourth-order valence-electron chi connectivity index (χ4n) is 2.99. The van der Waals surface area contributed by atoms with Gasteiger partial charge in [0.1, 0.15) is 11.3 Å². The molecule has 0 aliphatic rings. The molecule has 1 heterocycles. The second kappa shape index (κ2) is 5.51. The minimum absolute atomic E-state index is 0.0752. The maximum atomic E-state index is 15.1. The Morgan fingerprint density at radius 2 is 1.88 bits per heavy atom. The lowest BCUT2D eigenvalue weighted by molar-refractivity contribution is 0.342. The Labute approximate surface area is 139 Å². The lowest BCUT2D eigenvalue weighted by Gasteiger charge is -2.18. The highest BCUT2D eigenvalue weighted by Crippen LogP contribution is 2.31. The van der Waals surface area contributed by atoms with Gasteiger partial charge in [-0.25, -0.2) is 9.18 Å². The van der Waals surface area contributed by atoms with E-state index in [0.717, 1.165) is 0 Å². The predicted molar refractivity (Wildman–Crippen MR) is 93.7 cm³/mol. The average Bonchev–Trinajstić information content (AvgIpc) is 2.72. The van der Waals surface area contributed by atoms with Crippen LogP contribution in [0.5, 0.6) is 5.75 Å². The zero-order valence-electron chi connectivity index (χ0n) is 14.3. The van der Waals surface area contributed by atoms with Crippen LogP contribution >= 0.6 is 0 Å². The summed E-state index contributed by atoms with van der Waals surface area (Å²) in [6.45, 7) is 6.62. The van der Waals surface area contributed by atoms with Gasteiger partial charge in [-0.1, -0.05) is 32.9 Å². The fraction of sp³-hybridized carbons (Fsp3) is 0.316. The third-order valence-corrected chi connectivity index (χ3v) is 4.03. The number of nitrogens with zero attached hydrogens (tertiary/aromatic N) is 2. The summed E-state index contributed by atoms with van der Waals surface area (Å²) < 4.78 is 18.1. The summed E-state index contributed by atoms with van der Waals surface area (Å²) in [5, 5.41) is 9.63. The first-order chi connectivity index (χ1) is 11.2. The van der Waals surface area contributed by atoms with Gasteiger partial charge in [0, 0.05) is 19.2 Å². The van der Waals surface area contributed by atoms with Crippen LogP contribution in [0, 0.1) is 11.2 Å². The molecule has 3 aromatic rings. The first-order valence-electron chi connectivity index (χ1n) is 7.86. The second-order valence-corrected chi connectivity index (χ2v) is 7.33. The van der Waals surface area contributed by atoms with Crippen LogP contribution in [0.25, 0.3) is 22.2 Å². The summed E-state index contributed by atoms with van der Waals surface area (Å²) in [4.78, 5) is 12.5. The van der Waals surface area contributed by atoms with E-state index in [-0.39, 0.29) is 22.4 Å². The normalized spacial score (nSPS) is 12.0. The average molecular weight is 328 g/mol. The monoisotopic (exact) mass is 328 g/mol. The van der Waals surface area contributed by atoms with E-state index in [0.29, 0.717) is 23.2 Å². The number of aromatic nitrogens is 2. The molecule has 1 N–H and O–H groups in total. The molecule has 0 amide bonds. The molecule has 2 aromatic carbocycles. The Morgan fingerprint density at radius 1 is 1.17 bits per heavy atom. The van der Waals surface area contributed by atoms with Gasteiger partial charge in [0.15, 0.2) is 5.82 Å². The van der Waals surface area contributed by atoms with Gasteiger partial charge < -0.3 is 5.11 Å². The van der Waals surface area contributed by atoms with E-state index in [1.807, 2.05) is 20.8 Å². The molecular formula is C19H21FN2O2. The molecule has 24 heavy (non-hydrogen) atoms. The summed E-state index contributed by atoms with van der Waals surface area (Å²) in [6, 6.07) is 9.87. The molecule has 0 fully saturated rings. The summed E-state index contributed by atoms with van der Waals surface area (Å²) >= 11 is 0. The van der Waals surface area contributed by atoms with Gasteiger partial charge in [-0.3, -0.25) is 9.13 Å². The van der Waals surface area contributed by atoms with E-state index in [9.17, 15) is 9.90 Å². The molecule has 5 heteroatoms. The molecule has 0 unspecified atom stereocenters. The third kappa shape index (κ3) is 2.70. The first kappa shape index (κ1) is 16.3. The van der Waals surface area contributed by atoms with Crippen molar-refractivity contribution in [2.24, 2.45) is 12.5 Å². The Hall–Kier alpha value is -2.56. The van der Waals surface area contributed by atoms with Crippen molar-refractivity contribution in [1.29, 1.82) is 0 Å². The van der Waals surface area contributed by atoms with Gasteiger partial charge in [-0.05, 0) is 35.2 Å². The highest BCUT2D eigenvalue weighted by molar-refractivity contribution is 5.84. The van der Waals surface area contributed by atoms with E-state index in [4.69, 9.17) is 0 Å². The third-order valence-electron chi connectivity index (χ3n) is 4.03. The van der Waals surface area contributed by atoms with Gasteiger partial charge in [0.25, 0.3) is 0 Å². The zero-order valence-corrected chi connectivity index (χ0v) is 14.3. The Bertz CT molecular complexity index is 977. The molecule has 0 saturated carbocycles. The largest absolute Gasteiger partial charge is 0.508 e. The number of rotatable bonds is 2. The lowest BCUT2D eigenvalue weighted by atomic mass is 9.97. The number of phenols is 1. The van der Waals surface area contributed by atoms with Crippen molar-refractivity contribution < 1.29 is 9.50 Å². The van der Waals surface area contributed by atoms with Crippen LogP contribution in [0.2, 0.25) is 0 Å². The highest BCUT2D eigenvalue weighted by atomic mass is 19.1.